The highest BCUT2D eigenvalue weighted by atomic mass is 32.2. The summed E-state index contributed by atoms with van der Waals surface area (Å²) in [4.78, 5) is 4.10. The van der Waals surface area contributed by atoms with E-state index in [1.807, 2.05) is 31.3 Å². The fourth-order valence-electron chi connectivity index (χ4n) is 1.59. The predicted octanol–water partition coefficient (Wildman–Crippen LogP) is 1.40. The highest BCUT2D eigenvalue weighted by Gasteiger charge is 2.38. The minimum Gasteiger partial charge on any atom is -0.337 e. The first-order chi connectivity index (χ1) is 6.59. The number of aryl methyl sites for hydroxylation is 1. The number of nitrogens with zero attached hydrogens (tertiary/aromatic N) is 2. The molecule has 1 N–H and O–H groups in total. The molecule has 1 aliphatic rings. The third kappa shape index (κ3) is 1.81. The van der Waals surface area contributed by atoms with E-state index in [1.165, 1.54) is 11.4 Å². The Hall–Kier alpha value is -0.480. The Morgan fingerprint density at radius 2 is 2.50 bits per heavy atom. The van der Waals surface area contributed by atoms with Crippen LogP contribution in [0.3, 0.4) is 0 Å². The molecular weight excluding hydrogens is 194 g/mol. The SMILES string of the molecule is Cn1cncc1CNC1CSC1(C)C. The summed E-state index contributed by atoms with van der Waals surface area (Å²) in [6.45, 7) is 5.51. The van der Waals surface area contributed by atoms with E-state index in [2.05, 4.69) is 28.7 Å². The van der Waals surface area contributed by atoms with Gasteiger partial charge in [0.15, 0.2) is 0 Å². The summed E-state index contributed by atoms with van der Waals surface area (Å²) in [7, 11) is 2.03. The molecule has 1 aromatic rings. The largest absolute Gasteiger partial charge is 0.337 e. The van der Waals surface area contributed by atoms with E-state index < -0.39 is 0 Å². The Morgan fingerprint density at radius 1 is 1.71 bits per heavy atom. The molecule has 3 nitrogen and oxygen atoms in total. The van der Waals surface area contributed by atoms with Gasteiger partial charge < -0.3 is 9.88 Å². The van der Waals surface area contributed by atoms with Crippen LogP contribution in [-0.2, 0) is 13.6 Å². The molecule has 0 aromatic carbocycles. The van der Waals surface area contributed by atoms with Gasteiger partial charge in [0.2, 0.25) is 0 Å². The normalized spacial score (nSPS) is 24.6. The van der Waals surface area contributed by atoms with E-state index in [0.29, 0.717) is 10.8 Å². The van der Waals surface area contributed by atoms with Crippen molar-refractivity contribution in [3.63, 3.8) is 0 Å². The molecule has 2 rings (SSSR count). The summed E-state index contributed by atoms with van der Waals surface area (Å²) < 4.78 is 2.46. The van der Waals surface area contributed by atoms with Crippen LogP contribution in [0, 0.1) is 0 Å². The minimum absolute atomic E-state index is 0.401. The van der Waals surface area contributed by atoms with Gasteiger partial charge in [-0.3, -0.25) is 0 Å². The number of hydrogen-bond donors (Lipinski definition) is 1. The van der Waals surface area contributed by atoms with Gasteiger partial charge in [0.25, 0.3) is 0 Å². The standard InChI is InChI=1S/C10H17N3S/c1-10(2)9(6-14-10)12-5-8-4-11-7-13(8)3/h4,7,9,12H,5-6H2,1-3H3. The first-order valence-electron chi connectivity index (χ1n) is 4.92. The lowest BCUT2D eigenvalue weighted by atomic mass is 10.0. The van der Waals surface area contributed by atoms with Crippen molar-refractivity contribution < 1.29 is 0 Å². The van der Waals surface area contributed by atoms with Gasteiger partial charge in [-0.15, -0.1) is 0 Å². The molecule has 0 bridgehead atoms. The van der Waals surface area contributed by atoms with Crippen LogP contribution in [0.4, 0.5) is 0 Å². The van der Waals surface area contributed by atoms with Gasteiger partial charge in [-0.1, -0.05) is 0 Å². The van der Waals surface area contributed by atoms with Crippen LogP contribution < -0.4 is 5.32 Å². The molecule has 14 heavy (non-hydrogen) atoms. The maximum absolute atomic E-state index is 4.10. The topological polar surface area (TPSA) is 29.9 Å². The van der Waals surface area contributed by atoms with E-state index in [9.17, 15) is 0 Å². The maximum atomic E-state index is 4.10. The summed E-state index contributed by atoms with van der Waals surface area (Å²) in [6, 6.07) is 0.641. The Morgan fingerprint density at radius 3 is 2.93 bits per heavy atom. The van der Waals surface area contributed by atoms with Gasteiger partial charge in [-0.05, 0) is 13.8 Å². The highest BCUT2D eigenvalue weighted by Crippen LogP contribution is 2.39. The van der Waals surface area contributed by atoms with Crippen LogP contribution in [0.5, 0.6) is 0 Å². The van der Waals surface area contributed by atoms with Crippen molar-refractivity contribution in [1.29, 1.82) is 0 Å². The van der Waals surface area contributed by atoms with E-state index in [-0.39, 0.29) is 0 Å². The zero-order chi connectivity index (χ0) is 10.2. The summed E-state index contributed by atoms with van der Waals surface area (Å²) in [5, 5.41) is 3.57. The van der Waals surface area contributed by atoms with Crippen LogP contribution in [-0.4, -0.2) is 26.1 Å². The number of nitrogens with one attached hydrogen (secondary N) is 1. The zero-order valence-corrected chi connectivity index (χ0v) is 9.77. The number of imidazole rings is 1. The molecule has 0 saturated carbocycles. The Balaban J connectivity index is 1.87. The molecular formula is C10H17N3S. The van der Waals surface area contributed by atoms with Crippen molar-refractivity contribution in [3.05, 3.63) is 18.2 Å². The second-order valence-electron chi connectivity index (χ2n) is 4.34. The lowest BCUT2D eigenvalue weighted by molar-refractivity contribution is 0.430. The molecule has 0 radical (unpaired) electrons. The van der Waals surface area contributed by atoms with Crippen molar-refractivity contribution >= 4 is 11.8 Å². The average Bonchev–Trinajstić information content (AvgIpc) is 2.50. The quantitative estimate of drug-likeness (QED) is 0.819. The van der Waals surface area contributed by atoms with Crippen LogP contribution >= 0.6 is 11.8 Å². The number of rotatable bonds is 3. The molecule has 1 fully saturated rings. The van der Waals surface area contributed by atoms with Crippen LogP contribution in [0.25, 0.3) is 0 Å². The second-order valence-corrected chi connectivity index (χ2v) is 6.02. The maximum Gasteiger partial charge on any atom is 0.0945 e. The van der Waals surface area contributed by atoms with Crippen molar-refractivity contribution in [2.24, 2.45) is 7.05 Å². The Labute approximate surface area is 89.3 Å². The second kappa shape index (κ2) is 3.59. The molecule has 1 unspecified atom stereocenters. The Kier molecular flexibility index (Phi) is 2.58. The fraction of sp³-hybridized carbons (Fsp3) is 0.700. The average molecular weight is 211 g/mol. The molecule has 0 amide bonds. The summed E-state index contributed by atoms with van der Waals surface area (Å²) in [5.74, 6) is 1.23. The highest BCUT2D eigenvalue weighted by molar-refractivity contribution is 8.02. The summed E-state index contributed by atoms with van der Waals surface area (Å²) >= 11 is 2.03. The number of hydrogen-bond acceptors (Lipinski definition) is 3. The molecule has 0 spiro atoms. The van der Waals surface area contributed by atoms with Crippen molar-refractivity contribution in [2.45, 2.75) is 31.2 Å². The minimum atomic E-state index is 0.401. The molecule has 1 aromatic heterocycles. The van der Waals surface area contributed by atoms with Crippen LogP contribution in [0.15, 0.2) is 12.5 Å². The molecule has 1 aliphatic heterocycles. The van der Waals surface area contributed by atoms with Crippen molar-refractivity contribution in [1.82, 2.24) is 14.9 Å². The molecule has 2 heterocycles. The molecule has 0 aliphatic carbocycles. The van der Waals surface area contributed by atoms with Crippen LogP contribution in [0.1, 0.15) is 19.5 Å². The molecule has 78 valence electrons. The first-order valence-corrected chi connectivity index (χ1v) is 5.91. The van der Waals surface area contributed by atoms with E-state index in [4.69, 9.17) is 0 Å². The van der Waals surface area contributed by atoms with E-state index in [0.717, 1.165) is 6.54 Å². The van der Waals surface area contributed by atoms with Crippen molar-refractivity contribution in [3.8, 4) is 0 Å². The van der Waals surface area contributed by atoms with E-state index in [1.54, 1.807) is 0 Å². The van der Waals surface area contributed by atoms with Gasteiger partial charge in [0.05, 0.1) is 12.0 Å². The van der Waals surface area contributed by atoms with Gasteiger partial charge in [0.1, 0.15) is 0 Å². The molecule has 4 heteroatoms. The monoisotopic (exact) mass is 211 g/mol. The van der Waals surface area contributed by atoms with Crippen LogP contribution in [0.2, 0.25) is 0 Å². The smallest absolute Gasteiger partial charge is 0.0945 e. The van der Waals surface area contributed by atoms with Gasteiger partial charge in [-0.25, -0.2) is 4.98 Å². The third-order valence-electron chi connectivity index (χ3n) is 2.91. The van der Waals surface area contributed by atoms with Gasteiger partial charge in [0, 0.05) is 36.3 Å². The number of thioether (sulfide) groups is 1. The summed E-state index contributed by atoms with van der Waals surface area (Å²) in [6.07, 6.45) is 3.77. The first kappa shape index (κ1) is 10.1. The lowest BCUT2D eigenvalue weighted by Crippen LogP contribution is -2.54. The Bertz CT molecular complexity index is 319. The summed E-state index contributed by atoms with van der Waals surface area (Å²) in [5.41, 5.74) is 1.25. The van der Waals surface area contributed by atoms with E-state index >= 15 is 0 Å². The molecule has 1 atom stereocenters. The number of aromatic nitrogens is 2. The lowest BCUT2D eigenvalue weighted by Gasteiger charge is -2.44. The van der Waals surface area contributed by atoms with Crippen molar-refractivity contribution in [2.75, 3.05) is 5.75 Å². The zero-order valence-electron chi connectivity index (χ0n) is 8.95. The third-order valence-corrected chi connectivity index (χ3v) is 4.44. The fourth-order valence-corrected chi connectivity index (χ4v) is 2.79. The predicted molar refractivity (Wildman–Crippen MR) is 60.4 cm³/mol. The van der Waals surface area contributed by atoms with Gasteiger partial charge in [-0.2, -0.15) is 11.8 Å². The molecule has 1 saturated heterocycles. The van der Waals surface area contributed by atoms with Gasteiger partial charge >= 0.3 is 0 Å².